The second-order valence-corrected chi connectivity index (χ2v) is 10.8. The molecule has 0 aliphatic heterocycles. The van der Waals surface area contributed by atoms with E-state index in [2.05, 4.69) is 10.6 Å². The Labute approximate surface area is 215 Å². The number of amides is 2. The Balaban J connectivity index is 1.23. The molecule has 0 saturated heterocycles. The standard InChI is InChI=1S/C26H34N4O7/c27-24(28)30-21(31)5-6-22(32)37-19-3-1-15(2-4-19)10-20(23(33)34)29-25(35)36-14-26-11-16-7-17(12-26)9-18(8-16)13-26/h1-4,16-18,20H,5-14H2,(H,29,35)(H,33,34)(H4,27,28,30,31)/t16?,17?,18?,20-,26?/m0/s1. The number of carboxylic acid groups (broad SMARTS) is 1. The van der Waals surface area contributed by atoms with Crippen LogP contribution in [0.15, 0.2) is 24.3 Å². The molecule has 4 saturated carbocycles. The first kappa shape index (κ1) is 26.4. The van der Waals surface area contributed by atoms with Crippen molar-refractivity contribution in [1.82, 2.24) is 10.6 Å². The van der Waals surface area contributed by atoms with Gasteiger partial charge in [-0.2, -0.15) is 0 Å². The third kappa shape index (κ3) is 7.21. The van der Waals surface area contributed by atoms with Crippen LogP contribution in [0.25, 0.3) is 0 Å². The van der Waals surface area contributed by atoms with Crippen LogP contribution >= 0.6 is 0 Å². The minimum absolute atomic E-state index is 0.0290. The molecule has 5 rings (SSSR count). The number of nitrogens with two attached hydrogens (primary N) is 1. The molecule has 0 aromatic heterocycles. The summed E-state index contributed by atoms with van der Waals surface area (Å²) < 4.78 is 10.7. The predicted octanol–water partition coefficient (Wildman–Crippen LogP) is 2.32. The summed E-state index contributed by atoms with van der Waals surface area (Å²) in [5.41, 5.74) is 5.73. The Hall–Kier alpha value is -3.63. The van der Waals surface area contributed by atoms with Crippen LogP contribution in [-0.4, -0.2) is 47.7 Å². The van der Waals surface area contributed by atoms with Crippen LogP contribution in [0, 0.1) is 28.6 Å². The Bertz CT molecular complexity index is 1020. The van der Waals surface area contributed by atoms with E-state index < -0.39 is 35.9 Å². The van der Waals surface area contributed by atoms with Crippen LogP contribution in [0.5, 0.6) is 5.75 Å². The fourth-order valence-corrected chi connectivity index (χ4v) is 6.61. The Morgan fingerprint density at radius 1 is 1.03 bits per heavy atom. The zero-order chi connectivity index (χ0) is 26.6. The lowest BCUT2D eigenvalue weighted by molar-refractivity contribution is -0.139. The van der Waals surface area contributed by atoms with Gasteiger partial charge in [0.2, 0.25) is 5.91 Å². The molecule has 4 fully saturated rings. The van der Waals surface area contributed by atoms with Crippen LogP contribution in [0.2, 0.25) is 0 Å². The van der Waals surface area contributed by atoms with Crippen LogP contribution in [0.1, 0.15) is 56.9 Å². The summed E-state index contributed by atoms with van der Waals surface area (Å²) in [4.78, 5) is 47.6. The highest BCUT2D eigenvalue weighted by Crippen LogP contribution is 2.60. The van der Waals surface area contributed by atoms with E-state index in [1.54, 1.807) is 12.1 Å². The largest absolute Gasteiger partial charge is 0.480 e. The lowest BCUT2D eigenvalue weighted by Crippen LogP contribution is -2.49. The van der Waals surface area contributed by atoms with E-state index in [4.69, 9.17) is 20.6 Å². The van der Waals surface area contributed by atoms with Crippen molar-refractivity contribution >= 4 is 29.9 Å². The number of hydrogen-bond acceptors (Lipinski definition) is 7. The van der Waals surface area contributed by atoms with Gasteiger partial charge in [0.25, 0.3) is 0 Å². The monoisotopic (exact) mass is 514 g/mol. The summed E-state index contributed by atoms with van der Waals surface area (Å²) in [5.74, 6) is -0.447. The summed E-state index contributed by atoms with van der Waals surface area (Å²) >= 11 is 0. The number of guanidine groups is 1. The molecule has 0 heterocycles. The van der Waals surface area contributed by atoms with Gasteiger partial charge in [0.05, 0.1) is 13.0 Å². The predicted molar refractivity (Wildman–Crippen MR) is 132 cm³/mol. The third-order valence-electron chi connectivity index (χ3n) is 7.69. The molecule has 4 aliphatic rings. The van der Waals surface area contributed by atoms with E-state index in [1.807, 2.05) is 0 Å². The zero-order valence-electron chi connectivity index (χ0n) is 20.7. The molecule has 1 atom stereocenters. The van der Waals surface area contributed by atoms with E-state index in [-0.39, 0.29) is 30.4 Å². The van der Waals surface area contributed by atoms with Gasteiger partial charge in [-0.1, -0.05) is 12.1 Å². The van der Waals surface area contributed by atoms with Crippen LogP contribution in [0.4, 0.5) is 4.79 Å². The smallest absolute Gasteiger partial charge is 0.407 e. The highest BCUT2D eigenvalue weighted by atomic mass is 16.6. The van der Waals surface area contributed by atoms with Crippen molar-refractivity contribution < 1.29 is 33.8 Å². The molecule has 1 aromatic carbocycles. The summed E-state index contributed by atoms with van der Waals surface area (Å²) in [6.07, 6.45) is 6.10. The van der Waals surface area contributed by atoms with Crippen molar-refractivity contribution in [2.24, 2.45) is 28.9 Å². The first-order chi connectivity index (χ1) is 17.6. The summed E-state index contributed by atoms with van der Waals surface area (Å²) in [6.45, 7) is 0.338. The van der Waals surface area contributed by atoms with Crippen LogP contribution in [0.3, 0.4) is 0 Å². The molecule has 37 heavy (non-hydrogen) atoms. The van der Waals surface area contributed by atoms with Crippen molar-refractivity contribution in [1.29, 1.82) is 5.41 Å². The van der Waals surface area contributed by atoms with Gasteiger partial charge in [0.1, 0.15) is 11.8 Å². The lowest BCUT2D eigenvalue weighted by atomic mass is 9.50. The van der Waals surface area contributed by atoms with E-state index in [0.717, 1.165) is 37.0 Å². The number of carbonyl (C=O) groups is 4. The first-order valence-corrected chi connectivity index (χ1v) is 12.7. The van der Waals surface area contributed by atoms with Gasteiger partial charge in [0, 0.05) is 18.3 Å². The van der Waals surface area contributed by atoms with Gasteiger partial charge in [-0.3, -0.25) is 20.3 Å². The minimum atomic E-state index is -1.17. The van der Waals surface area contributed by atoms with E-state index in [0.29, 0.717) is 12.2 Å². The Morgan fingerprint density at radius 2 is 1.62 bits per heavy atom. The molecular formula is C26H34N4O7. The maximum absolute atomic E-state index is 12.5. The SMILES string of the molecule is N=C(N)NC(=O)CCC(=O)Oc1ccc(C[C@H](NC(=O)OCC23CC4CC(CC(C4)C2)C3)C(=O)O)cc1. The van der Waals surface area contributed by atoms with Gasteiger partial charge in [0.15, 0.2) is 5.96 Å². The van der Waals surface area contributed by atoms with Gasteiger partial charge >= 0.3 is 18.0 Å². The number of carbonyl (C=O) groups excluding carboxylic acids is 3. The van der Waals surface area contributed by atoms with Crippen molar-refractivity contribution in [3.05, 3.63) is 29.8 Å². The maximum atomic E-state index is 12.5. The van der Waals surface area contributed by atoms with Crippen LogP contribution in [-0.2, 0) is 25.5 Å². The molecular weight excluding hydrogens is 480 g/mol. The van der Waals surface area contributed by atoms with E-state index >= 15 is 0 Å². The normalized spacial score (nSPS) is 26.1. The number of hydrogen-bond donors (Lipinski definition) is 5. The number of alkyl carbamates (subject to hydrolysis) is 1. The third-order valence-corrected chi connectivity index (χ3v) is 7.69. The van der Waals surface area contributed by atoms with Crippen molar-refractivity contribution in [3.8, 4) is 5.75 Å². The molecule has 0 radical (unpaired) electrons. The molecule has 4 bridgehead atoms. The van der Waals surface area contributed by atoms with Gasteiger partial charge in [-0.25, -0.2) is 9.59 Å². The molecule has 0 unspecified atom stereocenters. The van der Waals surface area contributed by atoms with Crippen LogP contribution < -0.4 is 21.1 Å². The van der Waals surface area contributed by atoms with Gasteiger partial charge in [-0.05, 0) is 74.0 Å². The zero-order valence-corrected chi connectivity index (χ0v) is 20.7. The summed E-state index contributed by atoms with van der Waals surface area (Å²) in [6, 6.07) is 5.05. The summed E-state index contributed by atoms with van der Waals surface area (Å²) in [7, 11) is 0. The highest BCUT2D eigenvalue weighted by molar-refractivity contribution is 5.95. The number of benzene rings is 1. The number of rotatable bonds is 10. The number of carboxylic acids is 1. The number of ether oxygens (including phenoxy) is 2. The summed E-state index contributed by atoms with van der Waals surface area (Å²) in [5, 5.41) is 21.2. The molecule has 200 valence electrons. The molecule has 4 aliphatic carbocycles. The van der Waals surface area contributed by atoms with E-state index in [1.165, 1.54) is 31.4 Å². The molecule has 0 spiro atoms. The number of esters is 1. The van der Waals surface area contributed by atoms with Crippen molar-refractivity contribution in [2.45, 2.75) is 63.8 Å². The molecule has 11 nitrogen and oxygen atoms in total. The van der Waals surface area contributed by atoms with Crippen molar-refractivity contribution in [2.75, 3.05) is 6.61 Å². The second-order valence-electron chi connectivity index (χ2n) is 10.8. The quantitative estimate of drug-likeness (QED) is 0.136. The fourth-order valence-electron chi connectivity index (χ4n) is 6.61. The van der Waals surface area contributed by atoms with E-state index in [9.17, 15) is 24.3 Å². The fraction of sp³-hybridized carbons (Fsp3) is 0.577. The number of aliphatic carboxylic acids is 1. The first-order valence-electron chi connectivity index (χ1n) is 12.7. The molecule has 1 aromatic rings. The Morgan fingerprint density at radius 3 is 2.16 bits per heavy atom. The number of nitrogens with one attached hydrogen (secondary N) is 3. The molecule has 6 N–H and O–H groups in total. The average molecular weight is 515 g/mol. The van der Waals surface area contributed by atoms with Crippen molar-refractivity contribution in [3.63, 3.8) is 0 Å². The second kappa shape index (κ2) is 11.2. The lowest BCUT2D eigenvalue weighted by Gasteiger charge is -2.56. The van der Waals surface area contributed by atoms with Gasteiger partial charge in [-0.15, -0.1) is 0 Å². The average Bonchev–Trinajstić information content (AvgIpc) is 2.81. The molecule has 11 heteroatoms. The minimum Gasteiger partial charge on any atom is -0.480 e. The topological polar surface area (TPSA) is 181 Å². The Kier molecular flexibility index (Phi) is 7.99. The highest BCUT2D eigenvalue weighted by Gasteiger charge is 2.51. The maximum Gasteiger partial charge on any atom is 0.407 e. The van der Waals surface area contributed by atoms with Gasteiger partial charge < -0.3 is 25.6 Å². The molecule has 2 amide bonds.